The zero-order valence-electron chi connectivity index (χ0n) is 16.9. The lowest BCUT2D eigenvalue weighted by molar-refractivity contribution is 0.0869. The molecule has 0 radical (unpaired) electrons. The van der Waals surface area contributed by atoms with Gasteiger partial charge in [-0.15, -0.1) is 5.10 Å². The number of nitrogens with one attached hydrogen (secondary N) is 1. The molecule has 0 amide bonds. The summed E-state index contributed by atoms with van der Waals surface area (Å²) in [4.78, 5) is 13.8. The molecule has 0 spiro atoms. The summed E-state index contributed by atoms with van der Waals surface area (Å²) in [6.45, 7) is 6.79. The second kappa shape index (κ2) is 8.24. The Bertz CT molecular complexity index is 1040. The van der Waals surface area contributed by atoms with Crippen molar-refractivity contribution in [3.8, 4) is 11.3 Å². The normalized spacial score (nSPS) is 15.8. The molecule has 1 unspecified atom stereocenters. The summed E-state index contributed by atoms with van der Waals surface area (Å²) in [6, 6.07) is 5.86. The Hall–Kier alpha value is -2.87. The predicted molar refractivity (Wildman–Crippen MR) is 112 cm³/mol. The zero-order valence-corrected chi connectivity index (χ0v) is 16.9. The van der Waals surface area contributed by atoms with Crippen LogP contribution < -0.4 is 5.32 Å². The van der Waals surface area contributed by atoms with Gasteiger partial charge < -0.3 is 10.1 Å². The minimum atomic E-state index is -0.385. The number of fused-ring (bicyclic) bond motifs is 2. The van der Waals surface area contributed by atoms with Gasteiger partial charge in [-0.1, -0.05) is 0 Å². The molecule has 4 rings (SSSR count). The summed E-state index contributed by atoms with van der Waals surface area (Å²) >= 11 is 0. The molecule has 1 atom stereocenters. The van der Waals surface area contributed by atoms with E-state index in [4.69, 9.17) is 9.72 Å². The van der Waals surface area contributed by atoms with Crippen LogP contribution in [0.2, 0.25) is 0 Å². The monoisotopic (exact) mass is 396 g/mol. The second-order valence-corrected chi connectivity index (χ2v) is 7.37. The molecule has 0 saturated heterocycles. The molecule has 0 saturated carbocycles. The van der Waals surface area contributed by atoms with Gasteiger partial charge in [0.1, 0.15) is 0 Å². The average molecular weight is 396 g/mol. The highest BCUT2D eigenvalue weighted by Crippen LogP contribution is 2.38. The van der Waals surface area contributed by atoms with E-state index in [1.54, 1.807) is 10.7 Å². The van der Waals surface area contributed by atoms with Crippen molar-refractivity contribution in [1.29, 1.82) is 0 Å². The standard InChI is InChI=1S/C21H25FN6O/c1-13(2)29-11-9-23-21-24-12-19-16(7-10-28(19)27-21)17-4-5-18-20(26-17)15(6-8-22)14(3)25-18/h4-5,7,10,12-13,15H,6,8-9,11H2,1-3H3,(H,23,27). The van der Waals surface area contributed by atoms with E-state index in [0.717, 1.165) is 33.9 Å². The average Bonchev–Trinajstić information content (AvgIpc) is 3.26. The Balaban J connectivity index is 1.56. The molecule has 0 aromatic carbocycles. The van der Waals surface area contributed by atoms with Gasteiger partial charge in [-0.2, -0.15) is 0 Å². The molecule has 1 N–H and O–H groups in total. The Labute approximate surface area is 169 Å². The fourth-order valence-electron chi connectivity index (χ4n) is 3.54. The van der Waals surface area contributed by atoms with Crippen LogP contribution in [0.5, 0.6) is 0 Å². The Morgan fingerprint density at radius 3 is 2.93 bits per heavy atom. The van der Waals surface area contributed by atoms with Gasteiger partial charge >= 0.3 is 0 Å². The van der Waals surface area contributed by atoms with E-state index >= 15 is 0 Å². The van der Waals surface area contributed by atoms with Crippen LogP contribution in [0.15, 0.2) is 35.6 Å². The van der Waals surface area contributed by atoms with Crippen molar-refractivity contribution < 1.29 is 9.13 Å². The number of aromatic nitrogens is 4. The summed E-state index contributed by atoms with van der Waals surface area (Å²) in [5.41, 5.74) is 5.21. The van der Waals surface area contributed by atoms with E-state index in [0.29, 0.717) is 25.5 Å². The molecule has 1 aliphatic rings. The largest absolute Gasteiger partial charge is 0.377 e. The lowest BCUT2D eigenvalue weighted by Crippen LogP contribution is -2.15. The fraction of sp³-hybridized carbons (Fsp3) is 0.429. The first-order valence-electron chi connectivity index (χ1n) is 9.89. The maximum Gasteiger partial charge on any atom is 0.241 e. The molecule has 152 valence electrons. The molecule has 0 fully saturated rings. The maximum absolute atomic E-state index is 13.0. The summed E-state index contributed by atoms with van der Waals surface area (Å²) < 4.78 is 20.3. The third kappa shape index (κ3) is 3.98. The molecule has 29 heavy (non-hydrogen) atoms. The summed E-state index contributed by atoms with van der Waals surface area (Å²) in [7, 11) is 0. The van der Waals surface area contributed by atoms with Crippen LogP contribution in [0.3, 0.4) is 0 Å². The summed E-state index contributed by atoms with van der Waals surface area (Å²) in [5, 5.41) is 7.67. The van der Waals surface area contributed by atoms with Crippen LogP contribution in [0.1, 0.15) is 38.8 Å². The van der Waals surface area contributed by atoms with Crippen molar-refractivity contribution in [1.82, 2.24) is 19.6 Å². The first kappa shape index (κ1) is 19.4. The lowest BCUT2D eigenvalue weighted by atomic mass is 9.98. The van der Waals surface area contributed by atoms with Crippen molar-refractivity contribution in [2.24, 2.45) is 4.99 Å². The number of rotatable bonds is 8. The van der Waals surface area contributed by atoms with E-state index in [-0.39, 0.29) is 18.7 Å². The number of halogens is 1. The SMILES string of the molecule is CC1=Nc2ccc(-c3ccn4nc(NCCOC(C)C)ncc34)nc2C1CCF. The van der Waals surface area contributed by atoms with Crippen molar-refractivity contribution in [3.05, 3.63) is 36.3 Å². The quantitative estimate of drug-likeness (QED) is 0.578. The molecule has 0 aliphatic carbocycles. The molecule has 7 nitrogen and oxygen atoms in total. The highest BCUT2D eigenvalue weighted by Gasteiger charge is 2.26. The number of nitrogens with zero attached hydrogens (tertiary/aromatic N) is 5. The maximum atomic E-state index is 13.0. The van der Waals surface area contributed by atoms with Crippen LogP contribution in [0.25, 0.3) is 16.8 Å². The van der Waals surface area contributed by atoms with Crippen molar-refractivity contribution in [3.63, 3.8) is 0 Å². The van der Waals surface area contributed by atoms with Crippen molar-refractivity contribution >= 4 is 22.9 Å². The Morgan fingerprint density at radius 2 is 2.14 bits per heavy atom. The summed E-state index contributed by atoms with van der Waals surface area (Å²) in [5.74, 6) is 0.491. The first-order valence-corrected chi connectivity index (χ1v) is 9.89. The van der Waals surface area contributed by atoms with Gasteiger partial charge in [0.05, 0.1) is 48.2 Å². The number of ether oxygens (including phenoxy) is 1. The third-order valence-corrected chi connectivity index (χ3v) is 4.96. The number of aliphatic imine (C=N–C) groups is 1. The van der Waals surface area contributed by atoms with E-state index in [1.165, 1.54) is 0 Å². The van der Waals surface area contributed by atoms with Crippen LogP contribution in [0, 0.1) is 0 Å². The molecule has 3 aromatic rings. The van der Waals surface area contributed by atoms with Gasteiger partial charge in [0.15, 0.2) is 0 Å². The van der Waals surface area contributed by atoms with Crippen LogP contribution >= 0.6 is 0 Å². The molecule has 3 aromatic heterocycles. The van der Waals surface area contributed by atoms with E-state index in [2.05, 4.69) is 20.4 Å². The number of hydrogen-bond donors (Lipinski definition) is 1. The molecular weight excluding hydrogens is 371 g/mol. The van der Waals surface area contributed by atoms with E-state index < -0.39 is 0 Å². The molecular formula is C21H25FN6O. The van der Waals surface area contributed by atoms with E-state index in [9.17, 15) is 4.39 Å². The lowest BCUT2D eigenvalue weighted by Gasteiger charge is -2.10. The minimum Gasteiger partial charge on any atom is -0.377 e. The topological polar surface area (TPSA) is 76.7 Å². The van der Waals surface area contributed by atoms with Gasteiger partial charge in [-0.25, -0.2) is 14.5 Å². The number of pyridine rings is 1. The number of anilines is 1. The van der Waals surface area contributed by atoms with Crippen LogP contribution in [0.4, 0.5) is 16.0 Å². The highest BCUT2D eigenvalue weighted by atomic mass is 19.1. The Morgan fingerprint density at radius 1 is 1.28 bits per heavy atom. The highest BCUT2D eigenvalue weighted by molar-refractivity contribution is 5.96. The van der Waals surface area contributed by atoms with Gasteiger partial charge in [0.25, 0.3) is 0 Å². The first-order chi connectivity index (χ1) is 14.1. The van der Waals surface area contributed by atoms with Crippen molar-refractivity contribution in [2.75, 3.05) is 25.1 Å². The van der Waals surface area contributed by atoms with Gasteiger partial charge in [0.2, 0.25) is 5.95 Å². The van der Waals surface area contributed by atoms with Gasteiger partial charge in [-0.05, 0) is 45.4 Å². The number of alkyl halides is 1. The molecule has 8 heteroatoms. The molecule has 0 bridgehead atoms. The fourth-order valence-corrected chi connectivity index (χ4v) is 3.54. The Kier molecular flexibility index (Phi) is 5.53. The second-order valence-electron chi connectivity index (χ2n) is 7.37. The molecule has 4 heterocycles. The minimum absolute atomic E-state index is 0.0519. The van der Waals surface area contributed by atoms with Gasteiger partial charge in [-0.3, -0.25) is 9.38 Å². The summed E-state index contributed by atoms with van der Waals surface area (Å²) in [6.07, 6.45) is 4.28. The third-order valence-electron chi connectivity index (χ3n) is 4.96. The zero-order chi connectivity index (χ0) is 20.4. The van der Waals surface area contributed by atoms with Crippen molar-refractivity contribution in [2.45, 2.75) is 39.2 Å². The number of hydrogen-bond acceptors (Lipinski definition) is 6. The smallest absolute Gasteiger partial charge is 0.241 e. The van der Waals surface area contributed by atoms with Crippen LogP contribution in [-0.2, 0) is 4.74 Å². The van der Waals surface area contributed by atoms with Crippen LogP contribution in [-0.4, -0.2) is 51.2 Å². The van der Waals surface area contributed by atoms with E-state index in [1.807, 2.05) is 45.2 Å². The molecule has 1 aliphatic heterocycles. The predicted octanol–water partition coefficient (Wildman–Crippen LogP) is 4.18. The van der Waals surface area contributed by atoms with Gasteiger partial charge in [0, 0.05) is 29.9 Å².